The van der Waals surface area contributed by atoms with E-state index in [4.69, 9.17) is 14.2 Å². The van der Waals surface area contributed by atoms with Crippen molar-refractivity contribution < 1.29 is 28.9 Å². The van der Waals surface area contributed by atoms with Gasteiger partial charge >= 0.3 is 11.9 Å². The van der Waals surface area contributed by atoms with Crippen LogP contribution in [0.25, 0.3) is 21.8 Å². The summed E-state index contributed by atoms with van der Waals surface area (Å²) in [6.45, 7) is 6.61. The minimum absolute atomic E-state index is 0.0942. The maximum atomic E-state index is 14.3. The molecule has 10 nitrogen and oxygen atoms in total. The lowest BCUT2D eigenvalue weighted by Crippen LogP contribution is -2.67. The maximum absolute atomic E-state index is 14.3. The van der Waals surface area contributed by atoms with Gasteiger partial charge in [-0.1, -0.05) is 43.2 Å². The van der Waals surface area contributed by atoms with Crippen LogP contribution in [0.3, 0.4) is 0 Å². The number of ether oxygens (including phenoxy) is 3. The average molecular weight is 735 g/mol. The van der Waals surface area contributed by atoms with Crippen molar-refractivity contribution in [1.29, 1.82) is 0 Å². The van der Waals surface area contributed by atoms with Gasteiger partial charge in [-0.3, -0.25) is 19.4 Å². The van der Waals surface area contributed by atoms with Gasteiger partial charge in [-0.2, -0.15) is 0 Å². The monoisotopic (exact) mass is 734 g/mol. The number of para-hydroxylation sites is 1. The molecule has 0 amide bonds. The Hall–Kier alpha value is -4.12. The number of fused-ring (bicyclic) bond motifs is 9. The van der Waals surface area contributed by atoms with Crippen LogP contribution in [0.4, 0.5) is 0 Å². The number of benzene rings is 2. The Morgan fingerprint density at radius 2 is 1.81 bits per heavy atom. The van der Waals surface area contributed by atoms with Crippen molar-refractivity contribution in [3.8, 4) is 5.75 Å². The van der Waals surface area contributed by atoms with E-state index >= 15 is 0 Å². The molecular weight excluding hydrogens is 681 g/mol. The number of carbonyl (C=O) groups is 2. The molecule has 10 heteroatoms. The minimum Gasteiger partial charge on any atom is -0.496 e. The first-order valence-corrected chi connectivity index (χ1v) is 19.9. The zero-order chi connectivity index (χ0) is 37.7. The molecule has 2 aromatic heterocycles. The highest BCUT2D eigenvalue weighted by atomic mass is 16.5. The summed E-state index contributed by atoms with van der Waals surface area (Å²) in [7, 11) is 6.77. The van der Waals surface area contributed by atoms with Gasteiger partial charge in [-0.15, -0.1) is 0 Å². The SMILES string of the molecule is CC=C1CN(C)C2Cc3c([nH]c4ccccc34)C(c3cc4[nH]c5c(c4cc3OC)CCN3CC4CC(CC)C3C5(C(=O)OC)C4)CC1C2(CO)C(=O)OC. The number of nitrogens with one attached hydrogen (secondary N) is 2. The Labute approximate surface area is 317 Å². The Balaban J connectivity index is 1.29. The zero-order valence-corrected chi connectivity index (χ0v) is 32.5. The molecule has 4 aliphatic heterocycles. The lowest BCUT2D eigenvalue weighted by Gasteiger charge is -2.57. The fraction of sp³-hybridized carbons (Fsp3) is 0.545. The standard InChI is InChI=1S/C44H54N4O6/c1-7-25-15-24-20-43(41(50)53-5)39-28(13-14-48(21-24)40(25)43)29-18-36(52-4)30(17-35(29)46-39)31-16-33-26(8-2)22-47(3)37(44(33,23-49)42(51)54-6)19-32-27-11-9-10-12-34(27)45-38(31)32/h8-12,17-18,24-25,31,33,37,40,45-46,49H,7,13-16,19-23H2,1-6H3. The van der Waals surface area contributed by atoms with E-state index < -0.39 is 10.8 Å². The number of hydrogen-bond acceptors (Lipinski definition) is 8. The van der Waals surface area contributed by atoms with Crippen LogP contribution in [0.5, 0.6) is 5.75 Å². The number of allylic oxidation sites excluding steroid dienone is 1. The molecule has 0 radical (unpaired) electrons. The van der Waals surface area contributed by atoms with E-state index in [0.29, 0.717) is 31.2 Å². The van der Waals surface area contributed by atoms with Crippen molar-refractivity contribution in [2.45, 2.75) is 75.8 Å². The lowest BCUT2D eigenvalue weighted by molar-refractivity contribution is -0.169. The lowest BCUT2D eigenvalue weighted by atomic mass is 9.56. The number of likely N-dealkylation sites (tertiary alicyclic amines) is 1. The van der Waals surface area contributed by atoms with Crippen LogP contribution >= 0.6 is 0 Å². The van der Waals surface area contributed by atoms with Crippen molar-refractivity contribution in [2.75, 3.05) is 54.6 Å². The van der Waals surface area contributed by atoms with E-state index in [0.717, 1.165) is 94.4 Å². The molecule has 2 aliphatic carbocycles. The van der Waals surface area contributed by atoms with Gasteiger partial charge in [-0.25, -0.2) is 0 Å². The fourth-order valence-corrected chi connectivity index (χ4v) is 12.6. The molecule has 4 aromatic rings. The van der Waals surface area contributed by atoms with Gasteiger partial charge in [0.15, 0.2) is 0 Å². The summed E-state index contributed by atoms with van der Waals surface area (Å²) < 4.78 is 17.7. The molecule has 3 saturated heterocycles. The normalized spacial score (nSPS) is 33.8. The minimum atomic E-state index is -1.17. The van der Waals surface area contributed by atoms with Gasteiger partial charge in [0.05, 0.1) is 27.9 Å². The number of carbonyl (C=O) groups excluding carboxylic acids is 2. The molecule has 286 valence electrons. The van der Waals surface area contributed by atoms with Crippen molar-refractivity contribution in [1.82, 2.24) is 19.8 Å². The Kier molecular flexibility index (Phi) is 8.56. The first kappa shape index (κ1) is 35.6. The first-order chi connectivity index (χ1) is 26.2. The van der Waals surface area contributed by atoms with E-state index in [-0.39, 0.29) is 42.5 Å². The number of aliphatic hydroxyl groups excluding tert-OH is 1. The molecule has 10 rings (SSSR count). The predicted molar refractivity (Wildman–Crippen MR) is 208 cm³/mol. The molecule has 54 heavy (non-hydrogen) atoms. The Morgan fingerprint density at radius 3 is 2.54 bits per heavy atom. The summed E-state index contributed by atoms with van der Waals surface area (Å²) in [5.41, 5.74) is 6.67. The van der Waals surface area contributed by atoms with Crippen molar-refractivity contribution in [3.05, 3.63) is 76.1 Å². The summed E-state index contributed by atoms with van der Waals surface area (Å²) in [5.74, 6) is 0.625. The average Bonchev–Trinajstić information content (AvgIpc) is 3.72. The second kappa shape index (κ2) is 13.0. The van der Waals surface area contributed by atoms with Crippen LogP contribution in [0.15, 0.2) is 48.0 Å². The molecule has 0 spiro atoms. The molecule has 4 fully saturated rings. The van der Waals surface area contributed by atoms with E-state index in [9.17, 15) is 14.7 Å². The number of aromatic amines is 2. The van der Waals surface area contributed by atoms with E-state index in [1.807, 2.05) is 13.0 Å². The van der Waals surface area contributed by atoms with E-state index in [2.05, 4.69) is 70.1 Å². The molecule has 3 N–H and O–H groups in total. The van der Waals surface area contributed by atoms with Gasteiger partial charge in [-0.05, 0) is 87.2 Å². The van der Waals surface area contributed by atoms with Gasteiger partial charge in [0, 0.05) is 82.3 Å². The highest BCUT2D eigenvalue weighted by molar-refractivity contribution is 5.93. The van der Waals surface area contributed by atoms with E-state index in [1.165, 1.54) is 12.7 Å². The number of esters is 2. The number of aliphatic hydroxyl groups is 1. The molecule has 9 unspecified atom stereocenters. The smallest absolute Gasteiger partial charge is 0.319 e. The summed E-state index contributed by atoms with van der Waals surface area (Å²) in [6.07, 6.45) is 7.07. The molecule has 6 heterocycles. The van der Waals surface area contributed by atoms with Gasteiger partial charge in [0.25, 0.3) is 0 Å². The number of methoxy groups -OCH3 is 3. The van der Waals surface area contributed by atoms with Crippen molar-refractivity contribution in [2.24, 2.45) is 23.2 Å². The summed E-state index contributed by atoms with van der Waals surface area (Å²) in [4.78, 5) is 41.0. The largest absolute Gasteiger partial charge is 0.496 e. The summed E-state index contributed by atoms with van der Waals surface area (Å²) >= 11 is 0. The highest BCUT2D eigenvalue weighted by Crippen LogP contribution is 2.57. The topological polar surface area (TPSA) is 120 Å². The predicted octanol–water partition coefficient (Wildman–Crippen LogP) is 5.85. The van der Waals surface area contributed by atoms with Crippen LogP contribution in [0, 0.1) is 23.2 Å². The summed E-state index contributed by atoms with van der Waals surface area (Å²) in [6, 6.07) is 12.6. The molecular formula is C44H54N4O6. The van der Waals surface area contributed by atoms with Gasteiger partial charge < -0.3 is 29.3 Å². The quantitative estimate of drug-likeness (QED) is 0.167. The summed E-state index contributed by atoms with van der Waals surface area (Å²) in [5, 5.41) is 13.6. The molecule has 1 saturated carbocycles. The molecule has 2 aromatic carbocycles. The number of hydrogen-bond donors (Lipinski definition) is 3. The third kappa shape index (κ3) is 4.68. The fourth-order valence-electron chi connectivity index (χ4n) is 12.6. The second-order valence-corrected chi connectivity index (χ2v) is 16.8. The maximum Gasteiger partial charge on any atom is 0.319 e. The highest BCUT2D eigenvalue weighted by Gasteiger charge is 2.63. The number of nitrogens with zero attached hydrogens (tertiary/aromatic N) is 2. The second-order valence-electron chi connectivity index (χ2n) is 16.8. The van der Waals surface area contributed by atoms with E-state index in [1.54, 1.807) is 14.2 Å². The molecule has 6 aliphatic rings. The van der Waals surface area contributed by atoms with Crippen LogP contribution in [-0.2, 0) is 37.3 Å². The number of likely N-dealkylation sites (N-methyl/N-ethyl adjacent to an activating group) is 1. The number of aromatic nitrogens is 2. The van der Waals surface area contributed by atoms with Crippen molar-refractivity contribution >= 4 is 33.7 Å². The van der Waals surface area contributed by atoms with Gasteiger partial charge in [0.1, 0.15) is 16.6 Å². The van der Waals surface area contributed by atoms with Crippen LogP contribution in [0.1, 0.15) is 73.5 Å². The van der Waals surface area contributed by atoms with Crippen LogP contribution < -0.4 is 4.74 Å². The van der Waals surface area contributed by atoms with Crippen molar-refractivity contribution in [3.63, 3.8) is 0 Å². The zero-order valence-electron chi connectivity index (χ0n) is 32.5. The third-order valence-electron chi connectivity index (χ3n) is 14.8. The number of piperidine rings is 3. The third-order valence-corrected chi connectivity index (χ3v) is 14.8. The van der Waals surface area contributed by atoms with Gasteiger partial charge in [0.2, 0.25) is 0 Å². The number of rotatable bonds is 6. The Morgan fingerprint density at radius 1 is 1.02 bits per heavy atom. The Bertz CT molecular complexity index is 2190. The number of H-pyrrole nitrogens is 2. The van der Waals surface area contributed by atoms with Crippen LogP contribution in [-0.4, -0.2) is 104 Å². The van der Waals surface area contributed by atoms with Crippen LogP contribution in [0.2, 0.25) is 0 Å². The molecule has 6 bridgehead atoms. The first-order valence-electron chi connectivity index (χ1n) is 19.9. The molecule has 9 atom stereocenters.